The van der Waals surface area contributed by atoms with Gasteiger partial charge in [0.2, 0.25) is 0 Å². The second kappa shape index (κ2) is 4.42. The van der Waals surface area contributed by atoms with Crippen LogP contribution in [0.25, 0.3) is 11.3 Å². The topological polar surface area (TPSA) is 16.1 Å². The largest absolute Gasteiger partial charge is 0.295 e. The molecule has 4 atom stereocenters. The van der Waals surface area contributed by atoms with Gasteiger partial charge in [-0.3, -0.25) is 9.88 Å². The van der Waals surface area contributed by atoms with Crippen molar-refractivity contribution in [3.63, 3.8) is 0 Å². The van der Waals surface area contributed by atoms with Crippen molar-refractivity contribution >= 4 is 0 Å². The van der Waals surface area contributed by atoms with Gasteiger partial charge in [-0.25, -0.2) is 0 Å². The van der Waals surface area contributed by atoms with Gasteiger partial charge in [0.25, 0.3) is 0 Å². The summed E-state index contributed by atoms with van der Waals surface area (Å²) in [6.45, 7) is 0. The third kappa shape index (κ3) is 1.51. The molecule has 1 saturated heterocycles. The number of hydrogen-bond acceptors (Lipinski definition) is 2. The molecule has 1 aliphatic heterocycles. The van der Waals surface area contributed by atoms with Crippen LogP contribution in [-0.2, 0) is 0 Å². The Bertz CT molecular complexity index is 689. The predicted molar refractivity (Wildman–Crippen MR) is 88.4 cm³/mol. The Labute approximate surface area is 132 Å². The highest BCUT2D eigenvalue weighted by molar-refractivity contribution is 5.58. The molecule has 0 bridgehead atoms. The van der Waals surface area contributed by atoms with Gasteiger partial charge in [-0.05, 0) is 55.7 Å². The Morgan fingerprint density at radius 2 is 1.86 bits per heavy atom. The lowest BCUT2D eigenvalue weighted by Crippen LogP contribution is -2.53. The molecular weight excluding hydrogens is 268 g/mol. The van der Waals surface area contributed by atoms with E-state index in [2.05, 4.69) is 60.6 Å². The summed E-state index contributed by atoms with van der Waals surface area (Å²) in [5.74, 6) is 0.876. The van der Waals surface area contributed by atoms with E-state index in [0.29, 0.717) is 11.5 Å². The summed E-state index contributed by atoms with van der Waals surface area (Å²) in [7, 11) is 2.33. The van der Waals surface area contributed by atoms with E-state index < -0.39 is 0 Å². The SMILES string of the molecule is CN1C(c2ccc(-c3ccccc3)nc2)C2CCC23CCC13. The summed E-state index contributed by atoms with van der Waals surface area (Å²) in [6.07, 6.45) is 7.85. The monoisotopic (exact) mass is 290 g/mol. The average molecular weight is 290 g/mol. The number of benzene rings is 1. The molecule has 1 spiro atoms. The van der Waals surface area contributed by atoms with Crippen molar-refractivity contribution in [2.24, 2.45) is 11.3 Å². The lowest BCUT2D eigenvalue weighted by atomic mass is 9.48. The van der Waals surface area contributed by atoms with E-state index in [1.54, 1.807) is 0 Å². The van der Waals surface area contributed by atoms with E-state index in [1.807, 2.05) is 0 Å². The van der Waals surface area contributed by atoms with Gasteiger partial charge in [0.15, 0.2) is 0 Å². The van der Waals surface area contributed by atoms with Crippen LogP contribution in [0.5, 0.6) is 0 Å². The van der Waals surface area contributed by atoms with Crippen LogP contribution in [-0.4, -0.2) is 23.0 Å². The van der Waals surface area contributed by atoms with Crippen molar-refractivity contribution in [3.8, 4) is 11.3 Å². The summed E-state index contributed by atoms with van der Waals surface area (Å²) in [4.78, 5) is 7.41. The van der Waals surface area contributed by atoms with Gasteiger partial charge in [-0.2, -0.15) is 0 Å². The highest BCUT2D eigenvalue weighted by Crippen LogP contribution is 2.70. The molecule has 112 valence electrons. The molecule has 2 nitrogen and oxygen atoms in total. The smallest absolute Gasteiger partial charge is 0.0702 e. The fourth-order valence-electron chi connectivity index (χ4n) is 5.44. The van der Waals surface area contributed by atoms with E-state index in [-0.39, 0.29) is 0 Å². The van der Waals surface area contributed by atoms with Gasteiger partial charge in [0.05, 0.1) is 5.69 Å². The van der Waals surface area contributed by atoms with Crippen molar-refractivity contribution in [1.82, 2.24) is 9.88 Å². The summed E-state index contributed by atoms with van der Waals surface area (Å²) in [5, 5.41) is 0. The van der Waals surface area contributed by atoms with Crippen molar-refractivity contribution in [1.29, 1.82) is 0 Å². The Hall–Kier alpha value is -1.67. The number of nitrogens with zero attached hydrogens (tertiary/aromatic N) is 2. The van der Waals surface area contributed by atoms with Crippen molar-refractivity contribution in [2.75, 3.05) is 7.05 Å². The van der Waals surface area contributed by atoms with Crippen LogP contribution in [0.4, 0.5) is 0 Å². The molecule has 4 unspecified atom stereocenters. The first-order valence-corrected chi connectivity index (χ1v) is 8.53. The number of hydrogen-bond donors (Lipinski definition) is 0. The average Bonchev–Trinajstić information content (AvgIpc) is 2.61. The molecular formula is C20H22N2. The molecule has 2 aromatic rings. The van der Waals surface area contributed by atoms with Gasteiger partial charge in [0, 0.05) is 23.8 Å². The zero-order chi connectivity index (χ0) is 14.7. The number of pyridine rings is 1. The predicted octanol–water partition coefficient (Wildman–Crippen LogP) is 4.29. The quantitative estimate of drug-likeness (QED) is 0.820. The van der Waals surface area contributed by atoms with Crippen molar-refractivity contribution in [3.05, 3.63) is 54.2 Å². The fourth-order valence-corrected chi connectivity index (χ4v) is 5.44. The molecule has 22 heavy (non-hydrogen) atoms. The molecule has 1 aromatic carbocycles. The van der Waals surface area contributed by atoms with Crippen LogP contribution in [0.2, 0.25) is 0 Å². The van der Waals surface area contributed by atoms with E-state index in [1.165, 1.54) is 36.8 Å². The van der Waals surface area contributed by atoms with E-state index in [0.717, 1.165) is 17.7 Å². The fraction of sp³-hybridized carbons (Fsp3) is 0.450. The minimum Gasteiger partial charge on any atom is -0.295 e. The van der Waals surface area contributed by atoms with Crippen LogP contribution >= 0.6 is 0 Å². The normalized spacial score (nSPS) is 36.1. The highest BCUT2D eigenvalue weighted by atomic mass is 15.2. The summed E-state index contributed by atoms with van der Waals surface area (Å²) in [5.41, 5.74) is 4.38. The van der Waals surface area contributed by atoms with Crippen LogP contribution in [0.1, 0.15) is 37.3 Å². The zero-order valence-corrected chi connectivity index (χ0v) is 13.1. The Morgan fingerprint density at radius 1 is 1.05 bits per heavy atom. The molecule has 0 N–H and O–H groups in total. The molecule has 5 rings (SSSR count). The minimum absolute atomic E-state index is 0.596. The third-order valence-corrected chi connectivity index (χ3v) is 6.72. The highest BCUT2D eigenvalue weighted by Gasteiger charge is 2.66. The first-order chi connectivity index (χ1) is 10.8. The summed E-state index contributed by atoms with van der Waals surface area (Å²) in [6, 6.07) is 16.4. The minimum atomic E-state index is 0.596. The van der Waals surface area contributed by atoms with Crippen molar-refractivity contribution in [2.45, 2.75) is 37.8 Å². The summed E-state index contributed by atoms with van der Waals surface area (Å²) < 4.78 is 0. The lowest BCUT2D eigenvalue weighted by Gasteiger charge is -2.56. The number of aromatic nitrogens is 1. The van der Waals surface area contributed by atoms with Gasteiger partial charge in [0.1, 0.15) is 0 Å². The maximum absolute atomic E-state index is 4.75. The molecule has 2 saturated carbocycles. The summed E-state index contributed by atoms with van der Waals surface area (Å²) >= 11 is 0. The maximum Gasteiger partial charge on any atom is 0.0702 e. The lowest BCUT2D eigenvalue weighted by molar-refractivity contribution is -0.0444. The second-order valence-corrected chi connectivity index (χ2v) is 7.39. The van der Waals surface area contributed by atoms with Crippen LogP contribution in [0.15, 0.2) is 48.7 Å². The van der Waals surface area contributed by atoms with Gasteiger partial charge in [-0.1, -0.05) is 36.4 Å². The van der Waals surface area contributed by atoms with Crippen LogP contribution < -0.4 is 0 Å². The first-order valence-electron chi connectivity index (χ1n) is 8.53. The first kappa shape index (κ1) is 12.8. The zero-order valence-electron chi connectivity index (χ0n) is 13.1. The standard InChI is InChI=1S/C20H22N2/c1-22-18-10-12-20(18)11-9-16(20)19(22)15-7-8-17(21-13-15)14-5-3-2-4-6-14/h2-8,13,16,18-19H,9-12H2,1H3. The van der Waals surface area contributed by atoms with Gasteiger partial charge >= 0.3 is 0 Å². The molecule has 3 fully saturated rings. The molecule has 2 heterocycles. The number of rotatable bonds is 2. The molecule has 0 radical (unpaired) electrons. The Morgan fingerprint density at radius 3 is 2.41 bits per heavy atom. The third-order valence-electron chi connectivity index (χ3n) is 6.72. The molecule has 2 heteroatoms. The number of likely N-dealkylation sites (tertiary alicyclic amines) is 1. The van der Waals surface area contributed by atoms with Gasteiger partial charge < -0.3 is 0 Å². The maximum atomic E-state index is 4.75. The van der Waals surface area contributed by atoms with E-state index in [4.69, 9.17) is 4.98 Å². The van der Waals surface area contributed by atoms with Crippen LogP contribution in [0, 0.1) is 11.3 Å². The Kier molecular flexibility index (Phi) is 2.58. The van der Waals surface area contributed by atoms with Gasteiger partial charge in [-0.15, -0.1) is 0 Å². The Balaban J connectivity index is 1.47. The second-order valence-electron chi connectivity index (χ2n) is 7.39. The van der Waals surface area contributed by atoms with Crippen LogP contribution in [0.3, 0.4) is 0 Å². The van der Waals surface area contributed by atoms with E-state index >= 15 is 0 Å². The molecule has 2 aliphatic carbocycles. The molecule has 3 aliphatic rings. The molecule has 0 amide bonds. The van der Waals surface area contributed by atoms with Crippen molar-refractivity contribution < 1.29 is 0 Å². The van der Waals surface area contributed by atoms with E-state index in [9.17, 15) is 0 Å². The molecule has 1 aromatic heterocycles.